The monoisotopic (exact) mass is 715 g/mol. The zero-order chi connectivity index (χ0) is 36.5. The summed E-state index contributed by atoms with van der Waals surface area (Å²) in [6, 6.07) is 13.0. The number of para-hydroxylation sites is 1. The van der Waals surface area contributed by atoms with E-state index in [1.807, 2.05) is 7.05 Å². The summed E-state index contributed by atoms with van der Waals surface area (Å²) in [6.45, 7) is 18.7. The van der Waals surface area contributed by atoms with Crippen LogP contribution in [0.1, 0.15) is 67.7 Å². The van der Waals surface area contributed by atoms with Gasteiger partial charge >= 0.3 is 0 Å². The van der Waals surface area contributed by atoms with Crippen molar-refractivity contribution in [2.45, 2.75) is 57.3 Å². The van der Waals surface area contributed by atoms with Crippen LogP contribution in [0, 0.1) is 5.92 Å². The van der Waals surface area contributed by atoms with Crippen LogP contribution in [-0.2, 0) is 13.5 Å². The highest BCUT2D eigenvalue weighted by atomic mass is 35.5. The van der Waals surface area contributed by atoms with Gasteiger partial charge in [0.05, 0.1) is 17.4 Å². The lowest BCUT2D eigenvalue weighted by Gasteiger charge is -2.33. The van der Waals surface area contributed by atoms with Gasteiger partial charge in [-0.25, -0.2) is 4.98 Å². The average molecular weight is 716 g/mol. The molecule has 0 radical (unpaired) electrons. The lowest BCUT2D eigenvalue weighted by Crippen LogP contribution is -2.36. The van der Waals surface area contributed by atoms with E-state index in [1.165, 1.54) is 28.5 Å². The van der Waals surface area contributed by atoms with Gasteiger partial charge in [0.2, 0.25) is 5.95 Å². The van der Waals surface area contributed by atoms with Gasteiger partial charge in [-0.2, -0.15) is 10.1 Å². The summed E-state index contributed by atoms with van der Waals surface area (Å²) in [4.78, 5) is 14.1. The van der Waals surface area contributed by atoms with E-state index in [4.69, 9.17) is 21.7 Å². The molecule has 2 unspecified atom stereocenters. The van der Waals surface area contributed by atoms with Crippen molar-refractivity contribution in [1.82, 2.24) is 30.4 Å². The van der Waals surface area contributed by atoms with Gasteiger partial charge in [0.25, 0.3) is 0 Å². The summed E-state index contributed by atoms with van der Waals surface area (Å²) in [5, 5.41) is 16.7. The molecule has 5 heterocycles. The Balaban J connectivity index is 1.03. The number of benzene rings is 2. The molecular formula is C42H50ClN9. The van der Waals surface area contributed by atoms with Crippen molar-refractivity contribution in [1.29, 1.82) is 0 Å². The second-order valence-electron chi connectivity index (χ2n) is 14.5. The topological polar surface area (TPSA) is 86.2 Å². The zero-order valence-corrected chi connectivity index (χ0v) is 31.5. The first kappa shape index (κ1) is 35.4. The van der Waals surface area contributed by atoms with Crippen LogP contribution in [0.3, 0.4) is 0 Å². The van der Waals surface area contributed by atoms with E-state index in [0.717, 1.165) is 103 Å². The summed E-state index contributed by atoms with van der Waals surface area (Å²) in [5.74, 6) is 2.03. The molecule has 2 saturated heterocycles. The molecule has 7 rings (SSSR count). The molecule has 0 bridgehead atoms. The Morgan fingerprint density at radius 2 is 1.94 bits per heavy atom. The minimum atomic E-state index is 0.189. The fourth-order valence-corrected chi connectivity index (χ4v) is 8.10. The standard InChI is InChI=1S/C42H50ClN9/c1-26(44-5)13-16-32-22-33-23-34(18-20-38(33)50(6)29(32)4)47-41-37(43)24-45-42(48-41)52-21-9-10-30(25-52)15-17-31-11-8-12-36-39(49-51(7)40(31)36)35-19-14-27(2)46-28(35)3/h8,11-12,18,20,22-24,30,35,44,46H,1-4,9-10,13-17,19,21,25H2,5-7H3,(H,45,47,48). The Morgan fingerprint density at radius 1 is 1.10 bits per heavy atom. The lowest BCUT2D eigenvalue weighted by atomic mass is 9.88. The Bertz CT molecular complexity index is 2090. The molecule has 3 aliphatic rings. The van der Waals surface area contributed by atoms with E-state index >= 15 is 0 Å². The normalized spacial score (nSPS) is 19.0. The smallest absolute Gasteiger partial charge is 0.227 e. The van der Waals surface area contributed by atoms with E-state index in [-0.39, 0.29) is 5.92 Å². The molecule has 3 N–H and O–H groups in total. The average Bonchev–Trinajstić information content (AvgIpc) is 3.48. The predicted octanol–water partition coefficient (Wildman–Crippen LogP) is 8.96. The van der Waals surface area contributed by atoms with Crippen LogP contribution in [0.15, 0.2) is 97.3 Å². The van der Waals surface area contributed by atoms with Crippen LogP contribution in [-0.4, -0.2) is 46.9 Å². The zero-order valence-electron chi connectivity index (χ0n) is 30.7. The molecule has 4 aromatic rings. The Hall–Kier alpha value is -5.02. The molecule has 0 spiro atoms. The SMILES string of the molecule is C=C(CCC1=Cc2cc(Nc3nc(N4CCCC(CCc5cccc6c(C7CCC(=C)NC7=C)nn(C)c56)C4)ncc3Cl)ccc2N(C)C1=C)NC. The van der Waals surface area contributed by atoms with Gasteiger partial charge in [-0.3, -0.25) is 4.68 Å². The number of fused-ring (bicyclic) bond motifs is 2. The van der Waals surface area contributed by atoms with Gasteiger partial charge in [0.1, 0.15) is 5.02 Å². The number of anilines is 4. The van der Waals surface area contributed by atoms with Crippen molar-refractivity contribution in [3.63, 3.8) is 0 Å². The molecule has 2 aromatic carbocycles. The third kappa shape index (κ3) is 7.19. The summed E-state index contributed by atoms with van der Waals surface area (Å²) in [7, 11) is 6.04. The fraction of sp³-hybridized carbons (Fsp3) is 0.357. The van der Waals surface area contributed by atoms with E-state index in [1.54, 1.807) is 6.20 Å². The largest absolute Gasteiger partial charge is 0.392 e. The maximum atomic E-state index is 6.68. The molecule has 9 nitrogen and oxygen atoms in total. The molecular weight excluding hydrogens is 666 g/mol. The van der Waals surface area contributed by atoms with E-state index in [9.17, 15) is 0 Å². The number of aryl methyl sites for hydroxylation is 2. The van der Waals surface area contributed by atoms with Crippen LogP contribution >= 0.6 is 11.6 Å². The number of hydrogen-bond donors (Lipinski definition) is 3. The number of nitrogens with one attached hydrogen (secondary N) is 3. The molecule has 2 atom stereocenters. The van der Waals surface area contributed by atoms with Gasteiger partial charge in [0, 0.05) is 85.3 Å². The van der Waals surface area contributed by atoms with Gasteiger partial charge in [-0.1, -0.05) is 56.1 Å². The van der Waals surface area contributed by atoms with E-state index in [2.05, 4.69) is 118 Å². The molecule has 2 aromatic heterocycles. The van der Waals surface area contributed by atoms with Crippen molar-refractivity contribution in [3.05, 3.63) is 119 Å². The van der Waals surface area contributed by atoms with Crippen LogP contribution in [0.4, 0.5) is 23.1 Å². The maximum absolute atomic E-state index is 6.68. The van der Waals surface area contributed by atoms with Crippen molar-refractivity contribution in [2.24, 2.45) is 13.0 Å². The third-order valence-electron chi connectivity index (χ3n) is 11.0. The first-order chi connectivity index (χ1) is 25.1. The van der Waals surface area contributed by atoms with Gasteiger partial charge in [0.15, 0.2) is 5.82 Å². The van der Waals surface area contributed by atoms with Gasteiger partial charge in [-0.15, -0.1) is 0 Å². The molecule has 10 heteroatoms. The third-order valence-corrected chi connectivity index (χ3v) is 11.2. The van der Waals surface area contributed by atoms with Crippen LogP contribution < -0.4 is 25.8 Å². The van der Waals surface area contributed by atoms with Crippen molar-refractivity contribution >= 4 is 51.7 Å². The summed E-state index contributed by atoms with van der Waals surface area (Å²) < 4.78 is 2.06. The highest BCUT2D eigenvalue weighted by molar-refractivity contribution is 6.32. The first-order valence-corrected chi connectivity index (χ1v) is 18.7. The van der Waals surface area contributed by atoms with Crippen molar-refractivity contribution in [2.75, 3.05) is 42.3 Å². The van der Waals surface area contributed by atoms with E-state index in [0.29, 0.717) is 22.7 Å². The molecule has 0 saturated carbocycles. The number of allylic oxidation sites excluding steroid dienone is 4. The Morgan fingerprint density at radius 3 is 2.75 bits per heavy atom. The molecule has 0 aliphatic carbocycles. The molecule has 52 heavy (non-hydrogen) atoms. The van der Waals surface area contributed by atoms with Crippen molar-refractivity contribution < 1.29 is 0 Å². The number of hydrogen-bond acceptors (Lipinski definition) is 8. The summed E-state index contributed by atoms with van der Waals surface area (Å²) in [6.07, 6.45) is 11.9. The minimum Gasteiger partial charge on any atom is -0.392 e. The number of halogens is 1. The molecule has 3 aliphatic heterocycles. The number of aromatic nitrogens is 4. The lowest BCUT2D eigenvalue weighted by molar-refractivity contribution is 0.388. The second kappa shape index (κ2) is 14.9. The highest BCUT2D eigenvalue weighted by Crippen LogP contribution is 2.39. The molecule has 0 amide bonds. The highest BCUT2D eigenvalue weighted by Gasteiger charge is 2.28. The van der Waals surface area contributed by atoms with Crippen LogP contribution in [0.2, 0.25) is 5.02 Å². The number of piperidine rings is 2. The fourth-order valence-electron chi connectivity index (χ4n) is 7.96. The number of rotatable bonds is 11. The summed E-state index contributed by atoms with van der Waals surface area (Å²) >= 11 is 6.68. The number of nitrogens with zero attached hydrogens (tertiary/aromatic N) is 6. The number of likely N-dealkylation sites (N-methyl/N-ethyl adjacent to an activating group) is 1. The quantitative estimate of drug-likeness (QED) is 0.142. The maximum Gasteiger partial charge on any atom is 0.227 e. The second-order valence-corrected chi connectivity index (χ2v) is 14.9. The molecule has 2 fully saturated rings. The molecule has 270 valence electrons. The predicted molar refractivity (Wildman–Crippen MR) is 217 cm³/mol. The van der Waals surface area contributed by atoms with Gasteiger partial charge in [-0.05, 0) is 92.7 Å². The Labute approximate surface area is 312 Å². The first-order valence-electron chi connectivity index (χ1n) is 18.3. The van der Waals surface area contributed by atoms with Crippen molar-refractivity contribution in [3.8, 4) is 0 Å². The minimum absolute atomic E-state index is 0.189. The van der Waals surface area contributed by atoms with Gasteiger partial charge < -0.3 is 25.8 Å². The van der Waals surface area contributed by atoms with E-state index < -0.39 is 0 Å². The summed E-state index contributed by atoms with van der Waals surface area (Å²) in [5.41, 5.74) is 12.1. The van der Waals surface area contributed by atoms with Crippen LogP contribution in [0.5, 0.6) is 0 Å². The van der Waals surface area contributed by atoms with Crippen LogP contribution in [0.25, 0.3) is 17.0 Å². The Kier molecular flexibility index (Phi) is 10.1.